The predicted molar refractivity (Wildman–Crippen MR) is 136 cm³/mol. The summed E-state index contributed by atoms with van der Waals surface area (Å²) in [6.07, 6.45) is 0.295. The molecule has 1 fully saturated rings. The smallest absolute Gasteiger partial charge is 0.327 e. The molecule has 0 bridgehead atoms. The van der Waals surface area contributed by atoms with Gasteiger partial charge in [0, 0.05) is 24.7 Å². The van der Waals surface area contributed by atoms with Crippen LogP contribution in [0.2, 0.25) is 5.02 Å². The van der Waals surface area contributed by atoms with Crippen LogP contribution in [0.15, 0.2) is 53.4 Å². The summed E-state index contributed by atoms with van der Waals surface area (Å²) >= 11 is 5.89. The maximum absolute atomic E-state index is 13.7. The van der Waals surface area contributed by atoms with E-state index in [9.17, 15) is 18.0 Å². The van der Waals surface area contributed by atoms with Crippen LogP contribution in [0.5, 0.6) is 11.5 Å². The van der Waals surface area contributed by atoms with Crippen molar-refractivity contribution in [1.29, 1.82) is 0 Å². The number of hydrogen-bond acceptors (Lipinski definition) is 8. The maximum Gasteiger partial charge on any atom is 0.327 e. The third kappa shape index (κ3) is 6.57. The van der Waals surface area contributed by atoms with Crippen molar-refractivity contribution in [2.24, 2.45) is 0 Å². The summed E-state index contributed by atoms with van der Waals surface area (Å²) in [6.45, 7) is 6.49. The van der Waals surface area contributed by atoms with Gasteiger partial charge in [-0.1, -0.05) is 11.6 Å². The fraction of sp³-hybridized carbons (Fsp3) is 0.462. The van der Waals surface area contributed by atoms with Crippen LogP contribution < -0.4 is 4.74 Å². The van der Waals surface area contributed by atoms with Crippen LogP contribution in [0.4, 0.5) is 0 Å². The Labute approximate surface area is 217 Å². The molecule has 0 saturated carbocycles. The Hall–Kier alpha value is -2.62. The largest absolute Gasteiger partial charge is 0.468 e. The summed E-state index contributed by atoms with van der Waals surface area (Å²) in [5.74, 6) is -0.100. The van der Waals surface area contributed by atoms with Crippen molar-refractivity contribution < 1.29 is 32.2 Å². The SMILES string of the molecule is COC(=O)C1(S(=O)(=O)c2ccc(Oc3ccc(Cl)cc3)cc2)CCN(CCC(=O)OC(C)(C)C)CC1. The lowest BCUT2D eigenvalue weighted by Gasteiger charge is -2.39. The molecule has 8 nitrogen and oxygen atoms in total. The van der Waals surface area contributed by atoms with Gasteiger partial charge in [-0.15, -0.1) is 0 Å². The Balaban J connectivity index is 1.72. The number of methoxy groups -OCH3 is 1. The number of ether oxygens (including phenoxy) is 3. The molecule has 0 unspecified atom stereocenters. The van der Waals surface area contributed by atoms with Crippen molar-refractivity contribution in [3.63, 3.8) is 0 Å². The zero-order valence-electron chi connectivity index (χ0n) is 21.0. The van der Waals surface area contributed by atoms with Crippen molar-refractivity contribution in [3.8, 4) is 11.5 Å². The summed E-state index contributed by atoms with van der Waals surface area (Å²) in [7, 11) is -2.88. The number of hydrogen-bond donors (Lipinski definition) is 0. The summed E-state index contributed by atoms with van der Waals surface area (Å²) in [4.78, 5) is 26.9. The first kappa shape index (κ1) is 28.0. The molecule has 0 N–H and O–H groups in total. The Kier molecular flexibility index (Phi) is 8.69. The van der Waals surface area contributed by atoms with E-state index in [1.807, 2.05) is 4.90 Å². The number of carbonyl (C=O) groups is 2. The number of halogens is 1. The second kappa shape index (κ2) is 11.2. The molecule has 1 heterocycles. The van der Waals surface area contributed by atoms with Gasteiger partial charge >= 0.3 is 11.9 Å². The highest BCUT2D eigenvalue weighted by Crippen LogP contribution is 2.37. The molecular weight excluding hydrogens is 506 g/mol. The zero-order chi connectivity index (χ0) is 26.6. The Morgan fingerprint density at radius 1 is 0.972 bits per heavy atom. The minimum absolute atomic E-state index is 0.0126. The summed E-state index contributed by atoms with van der Waals surface area (Å²) < 4.78 is 41.7. The van der Waals surface area contributed by atoms with Gasteiger partial charge in [0.2, 0.25) is 0 Å². The number of sulfone groups is 1. The third-order valence-electron chi connectivity index (χ3n) is 5.97. The molecule has 2 aromatic rings. The molecule has 1 aliphatic heterocycles. The van der Waals surface area contributed by atoms with Crippen LogP contribution in [0, 0.1) is 0 Å². The van der Waals surface area contributed by atoms with Crippen LogP contribution in [-0.4, -0.2) is 62.3 Å². The standard InChI is InChI=1S/C26H32ClNO7S/c1-25(2,3)35-23(29)13-16-28-17-14-26(15-18-28,24(30)33-4)36(31,32)22-11-9-21(10-12-22)34-20-7-5-19(27)6-8-20/h5-12H,13-18H2,1-4H3. The van der Waals surface area contributed by atoms with Crippen LogP contribution in [0.25, 0.3) is 0 Å². The minimum atomic E-state index is -4.07. The molecule has 0 atom stereocenters. The molecule has 3 rings (SSSR count). The molecular formula is C26H32ClNO7S. The number of piperidine rings is 1. The summed E-state index contributed by atoms with van der Waals surface area (Å²) in [6, 6.07) is 12.7. The second-order valence-corrected chi connectivity index (χ2v) is 12.4. The average molecular weight is 538 g/mol. The van der Waals surface area contributed by atoms with Crippen LogP contribution in [0.3, 0.4) is 0 Å². The van der Waals surface area contributed by atoms with Crippen molar-refractivity contribution >= 4 is 33.4 Å². The highest BCUT2D eigenvalue weighted by Gasteiger charge is 2.53. The molecule has 0 aromatic heterocycles. The third-order valence-corrected chi connectivity index (χ3v) is 8.72. The Morgan fingerprint density at radius 2 is 1.50 bits per heavy atom. The first-order valence-electron chi connectivity index (χ1n) is 11.7. The normalized spacial score (nSPS) is 16.2. The van der Waals surface area contributed by atoms with Gasteiger partial charge in [0.25, 0.3) is 0 Å². The number of benzene rings is 2. The molecule has 0 aliphatic carbocycles. The molecule has 10 heteroatoms. The highest BCUT2D eigenvalue weighted by atomic mass is 35.5. The molecule has 36 heavy (non-hydrogen) atoms. The van der Waals surface area contributed by atoms with Gasteiger partial charge in [0.15, 0.2) is 14.6 Å². The topological polar surface area (TPSA) is 99.2 Å². The van der Waals surface area contributed by atoms with Crippen molar-refractivity contribution in [3.05, 3.63) is 53.6 Å². The molecule has 1 saturated heterocycles. The lowest BCUT2D eigenvalue weighted by Crippen LogP contribution is -2.55. The van der Waals surface area contributed by atoms with Gasteiger partial charge in [0.1, 0.15) is 17.1 Å². The van der Waals surface area contributed by atoms with Crippen molar-refractivity contribution in [2.45, 2.75) is 55.3 Å². The van der Waals surface area contributed by atoms with E-state index in [0.717, 1.165) is 0 Å². The monoisotopic (exact) mass is 537 g/mol. The van der Waals surface area contributed by atoms with Crippen LogP contribution in [-0.2, 0) is 28.9 Å². The predicted octanol–water partition coefficient (Wildman–Crippen LogP) is 4.65. The molecule has 0 spiro atoms. The van der Waals surface area contributed by atoms with Gasteiger partial charge < -0.3 is 19.1 Å². The molecule has 0 radical (unpaired) electrons. The van der Waals surface area contributed by atoms with E-state index >= 15 is 0 Å². The molecule has 2 aromatic carbocycles. The minimum Gasteiger partial charge on any atom is -0.468 e. The zero-order valence-corrected chi connectivity index (χ0v) is 22.5. The lowest BCUT2D eigenvalue weighted by atomic mass is 9.95. The number of nitrogens with zero attached hydrogens (tertiary/aromatic N) is 1. The first-order valence-corrected chi connectivity index (χ1v) is 13.5. The molecule has 196 valence electrons. The number of esters is 2. The van der Waals surface area contributed by atoms with E-state index in [-0.39, 0.29) is 30.1 Å². The Morgan fingerprint density at radius 3 is 2.00 bits per heavy atom. The number of rotatable bonds is 8. The molecule has 0 amide bonds. The van der Waals surface area contributed by atoms with Crippen LogP contribution >= 0.6 is 11.6 Å². The fourth-order valence-electron chi connectivity index (χ4n) is 4.10. The summed E-state index contributed by atoms with van der Waals surface area (Å²) in [5, 5.41) is 0.577. The fourth-order valence-corrected chi connectivity index (χ4v) is 6.19. The van der Waals surface area contributed by atoms with Crippen LogP contribution in [0.1, 0.15) is 40.0 Å². The van der Waals surface area contributed by atoms with E-state index in [4.69, 9.17) is 25.8 Å². The van der Waals surface area contributed by atoms with Crippen molar-refractivity contribution in [2.75, 3.05) is 26.7 Å². The number of carbonyl (C=O) groups excluding carboxylic acids is 2. The summed E-state index contributed by atoms with van der Waals surface area (Å²) in [5.41, 5.74) is -0.567. The van der Waals surface area contributed by atoms with E-state index in [1.54, 1.807) is 57.2 Å². The quantitative estimate of drug-likeness (QED) is 0.449. The van der Waals surface area contributed by atoms with Gasteiger partial charge in [-0.3, -0.25) is 9.59 Å². The maximum atomic E-state index is 13.7. The highest BCUT2D eigenvalue weighted by molar-refractivity contribution is 7.93. The van der Waals surface area contributed by atoms with E-state index in [1.165, 1.54) is 19.2 Å². The Bertz CT molecular complexity index is 1160. The van der Waals surface area contributed by atoms with E-state index in [0.29, 0.717) is 36.2 Å². The van der Waals surface area contributed by atoms with E-state index < -0.39 is 26.2 Å². The second-order valence-electron chi connectivity index (χ2n) is 9.69. The lowest BCUT2D eigenvalue weighted by molar-refractivity contribution is -0.155. The number of likely N-dealkylation sites (tertiary alicyclic amines) is 1. The van der Waals surface area contributed by atoms with Gasteiger partial charge in [-0.2, -0.15) is 0 Å². The molecule has 1 aliphatic rings. The van der Waals surface area contributed by atoms with Gasteiger partial charge in [0.05, 0.1) is 18.4 Å². The van der Waals surface area contributed by atoms with Gasteiger partial charge in [-0.05, 0) is 82.1 Å². The van der Waals surface area contributed by atoms with Crippen molar-refractivity contribution in [1.82, 2.24) is 4.90 Å². The van der Waals surface area contributed by atoms with Gasteiger partial charge in [-0.25, -0.2) is 8.42 Å². The average Bonchev–Trinajstić information content (AvgIpc) is 2.83. The van der Waals surface area contributed by atoms with E-state index in [2.05, 4.69) is 0 Å². The first-order chi connectivity index (χ1) is 16.9.